The topological polar surface area (TPSA) is 96.6 Å². The Hall–Kier alpha value is -1.74. The molecule has 2 aromatic heterocycles. The van der Waals surface area contributed by atoms with Crippen LogP contribution in [-0.4, -0.2) is 64.1 Å². The van der Waals surface area contributed by atoms with E-state index >= 15 is 0 Å². The molecule has 0 amide bonds. The molecule has 8 heteroatoms. The highest BCUT2D eigenvalue weighted by Crippen LogP contribution is 2.19. The lowest BCUT2D eigenvalue weighted by molar-refractivity contribution is -0.0572. The minimum absolute atomic E-state index is 0.162. The molecule has 0 aliphatic carbocycles. The van der Waals surface area contributed by atoms with Crippen molar-refractivity contribution >= 4 is 0 Å². The number of morpholine rings is 1. The Bertz CT molecular complexity index is 586. The molecule has 8 nitrogen and oxygen atoms in total. The largest absolute Gasteiger partial charge is 0.467 e. The SMILES string of the molecule is Cc1nc([C@H]2CN(C[C@@H](O)COCc3ccco3)CCO2)n[nH]1. The number of aromatic nitrogens is 3. The van der Waals surface area contributed by atoms with Crippen LogP contribution >= 0.6 is 0 Å². The zero-order valence-corrected chi connectivity index (χ0v) is 13.1. The van der Waals surface area contributed by atoms with Gasteiger partial charge in [0.25, 0.3) is 0 Å². The second-order valence-corrected chi connectivity index (χ2v) is 5.65. The van der Waals surface area contributed by atoms with Gasteiger partial charge in [0.15, 0.2) is 5.82 Å². The fourth-order valence-corrected chi connectivity index (χ4v) is 2.57. The van der Waals surface area contributed by atoms with Crippen molar-refractivity contribution in [2.75, 3.05) is 32.8 Å². The van der Waals surface area contributed by atoms with E-state index in [-0.39, 0.29) is 12.7 Å². The van der Waals surface area contributed by atoms with E-state index < -0.39 is 6.10 Å². The summed E-state index contributed by atoms with van der Waals surface area (Å²) in [6, 6.07) is 3.66. The van der Waals surface area contributed by atoms with Gasteiger partial charge in [-0.3, -0.25) is 10.00 Å². The summed E-state index contributed by atoms with van der Waals surface area (Å²) in [5.74, 6) is 2.19. The monoisotopic (exact) mass is 322 g/mol. The number of aryl methyl sites for hydroxylation is 1. The Morgan fingerprint density at radius 3 is 3.22 bits per heavy atom. The molecule has 3 rings (SSSR count). The van der Waals surface area contributed by atoms with Gasteiger partial charge < -0.3 is 19.0 Å². The Balaban J connectivity index is 1.41. The number of aliphatic hydroxyl groups excluding tert-OH is 1. The van der Waals surface area contributed by atoms with E-state index in [9.17, 15) is 5.11 Å². The molecule has 0 bridgehead atoms. The van der Waals surface area contributed by atoms with Gasteiger partial charge in [-0.2, -0.15) is 5.10 Å². The molecular weight excluding hydrogens is 300 g/mol. The highest BCUT2D eigenvalue weighted by atomic mass is 16.5. The molecular formula is C15H22N4O4. The van der Waals surface area contributed by atoms with E-state index in [0.717, 1.165) is 18.1 Å². The van der Waals surface area contributed by atoms with Gasteiger partial charge in [-0.15, -0.1) is 0 Å². The number of H-pyrrole nitrogens is 1. The molecule has 1 fully saturated rings. The minimum atomic E-state index is -0.558. The van der Waals surface area contributed by atoms with E-state index in [4.69, 9.17) is 13.9 Å². The number of nitrogens with zero attached hydrogens (tertiary/aromatic N) is 3. The van der Waals surface area contributed by atoms with Crippen LogP contribution in [-0.2, 0) is 16.1 Å². The molecule has 0 aromatic carbocycles. The first-order valence-corrected chi connectivity index (χ1v) is 7.72. The number of ether oxygens (including phenoxy) is 2. The zero-order chi connectivity index (χ0) is 16.1. The van der Waals surface area contributed by atoms with Crippen molar-refractivity contribution < 1.29 is 19.0 Å². The summed E-state index contributed by atoms with van der Waals surface area (Å²) in [6.45, 7) is 5.05. The van der Waals surface area contributed by atoms with Crippen molar-refractivity contribution in [3.8, 4) is 0 Å². The van der Waals surface area contributed by atoms with Crippen molar-refractivity contribution in [2.24, 2.45) is 0 Å². The maximum atomic E-state index is 10.1. The van der Waals surface area contributed by atoms with Crippen molar-refractivity contribution in [1.82, 2.24) is 20.1 Å². The number of aromatic amines is 1. The lowest BCUT2D eigenvalue weighted by Gasteiger charge is -2.32. The number of nitrogens with one attached hydrogen (secondary N) is 1. The zero-order valence-electron chi connectivity index (χ0n) is 13.1. The number of β-amino-alcohol motifs (C(OH)–C–C–N with tert-alkyl or cyclic N) is 1. The molecule has 0 radical (unpaired) electrons. The highest BCUT2D eigenvalue weighted by Gasteiger charge is 2.26. The first-order valence-electron chi connectivity index (χ1n) is 7.72. The van der Waals surface area contributed by atoms with Crippen LogP contribution in [0, 0.1) is 6.92 Å². The van der Waals surface area contributed by atoms with E-state index in [0.29, 0.717) is 32.1 Å². The van der Waals surface area contributed by atoms with Gasteiger partial charge in [-0.25, -0.2) is 4.98 Å². The van der Waals surface area contributed by atoms with Gasteiger partial charge in [0.2, 0.25) is 0 Å². The second-order valence-electron chi connectivity index (χ2n) is 5.65. The standard InChI is InChI=1S/C15H22N4O4/c1-11-16-15(18-17-11)14-8-19(4-6-23-14)7-12(20)9-21-10-13-3-2-5-22-13/h2-3,5,12,14,20H,4,6-10H2,1H3,(H,16,17,18)/t12-,14-/m1/s1. The third-order valence-corrected chi connectivity index (χ3v) is 3.66. The molecule has 0 unspecified atom stereocenters. The van der Waals surface area contributed by atoms with Crippen molar-refractivity contribution in [3.63, 3.8) is 0 Å². The molecule has 23 heavy (non-hydrogen) atoms. The van der Waals surface area contributed by atoms with Crippen LogP contribution in [0.15, 0.2) is 22.8 Å². The van der Waals surface area contributed by atoms with Gasteiger partial charge in [0.1, 0.15) is 24.3 Å². The number of hydrogen-bond donors (Lipinski definition) is 2. The molecule has 1 saturated heterocycles. The maximum Gasteiger partial charge on any atom is 0.180 e. The third-order valence-electron chi connectivity index (χ3n) is 3.66. The Kier molecular flexibility index (Phi) is 5.39. The molecule has 2 N–H and O–H groups in total. The number of hydrogen-bond acceptors (Lipinski definition) is 7. The van der Waals surface area contributed by atoms with E-state index in [1.165, 1.54) is 0 Å². The smallest absolute Gasteiger partial charge is 0.180 e. The summed E-state index contributed by atoms with van der Waals surface area (Å²) in [6.07, 6.45) is 0.885. The average Bonchev–Trinajstić information content (AvgIpc) is 3.19. The van der Waals surface area contributed by atoms with Crippen LogP contribution in [0.25, 0.3) is 0 Å². The summed E-state index contributed by atoms with van der Waals surface area (Å²) < 4.78 is 16.4. The predicted octanol–water partition coefficient (Wildman–Crippen LogP) is 0.657. The van der Waals surface area contributed by atoms with Gasteiger partial charge >= 0.3 is 0 Å². The van der Waals surface area contributed by atoms with Crippen molar-refractivity contribution in [3.05, 3.63) is 35.8 Å². The Morgan fingerprint density at radius 2 is 2.48 bits per heavy atom. The predicted molar refractivity (Wildman–Crippen MR) is 80.6 cm³/mol. The average molecular weight is 322 g/mol. The van der Waals surface area contributed by atoms with Gasteiger partial charge in [-0.05, 0) is 19.1 Å². The van der Waals surface area contributed by atoms with E-state index in [1.54, 1.807) is 6.26 Å². The number of furan rings is 1. The molecule has 0 saturated carbocycles. The number of aliphatic hydroxyl groups is 1. The van der Waals surface area contributed by atoms with E-state index in [2.05, 4.69) is 20.1 Å². The maximum absolute atomic E-state index is 10.1. The first-order chi connectivity index (χ1) is 11.2. The molecule has 126 valence electrons. The van der Waals surface area contributed by atoms with Crippen LogP contribution in [0.3, 0.4) is 0 Å². The molecule has 1 aliphatic rings. The fraction of sp³-hybridized carbons (Fsp3) is 0.600. The lowest BCUT2D eigenvalue weighted by atomic mass is 10.2. The van der Waals surface area contributed by atoms with Crippen LogP contribution in [0.4, 0.5) is 0 Å². The Labute approximate surface area is 134 Å². The minimum Gasteiger partial charge on any atom is -0.467 e. The Morgan fingerprint density at radius 1 is 1.57 bits per heavy atom. The summed E-state index contributed by atoms with van der Waals surface area (Å²) in [4.78, 5) is 6.45. The summed E-state index contributed by atoms with van der Waals surface area (Å²) in [7, 11) is 0. The fourth-order valence-electron chi connectivity index (χ4n) is 2.57. The summed E-state index contributed by atoms with van der Waals surface area (Å²) >= 11 is 0. The molecule has 2 atom stereocenters. The van der Waals surface area contributed by atoms with Crippen LogP contribution in [0.5, 0.6) is 0 Å². The van der Waals surface area contributed by atoms with Gasteiger partial charge in [0, 0.05) is 19.6 Å². The number of rotatable bonds is 7. The third kappa shape index (κ3) is 4.61. The second kappa shape index (κ2) is 7.69. The first kappa shape index (κ1) is 16.1. The van der Waals surface area contributed by atoms with Crippen LogP contribution in [0.2, 0.25) is 0 Å². The van der Waals surface area contributed by atoms with E-state index in [1.807, 2.05) is 19.1 Å². The van der Waals surface area contributed by atoms with Gasteiger partial charge in [0.05, 0.1) is 25.6 Å². The van der Waals surface area contributed by atoms with Crippen LogP contribution < -0.4 is 0 Å². The molecule has 3 heterocycles. The lowest BCUT2D eigenvalue weighted by Crippen LogP contribution is -2.43. The van der Waals surface area contributed by atoms with Crippen molar-refractivity contribution in [1.29, 1.82) is 0 Å². The molecule has 1 aliphatic heterocycles. The summed E-state index contributed by atoms with van der Waals surface area (Å²) in [5.41, 5.74) is 0. The molecule has 2 aromatic rings. The summed E-state index contributed by atoms with van der Waals surface area (Å²) in [5, 5.41) is 17.1. The van der Waals surface area contributed by atoms with Crippen molar-refractivity contribution in [2.45, 2.75) is 25.7 Å². The molecule has 0 spiro atoms. The quantitative estimate of drug-likeness (QED) is 0.773. The highest BCUT2D eigenvalue weighted by molar-refractivity contribution is 4.96. The van der Waals surface area contributed by atoms with Crippen LogP contribution in [0.1, 0.15) is 23.5 Å². The normalized spacial score (nSPS) is 20.7. The van der Waals surface area contributed by atoms with Gasteiger partial charge in [-0.1, -0.05) is 0 Å².